The Morgan fingerprint density at radius 1 is 1.78 bits per heavy atom. The third-order valence-electron chi connectivity index (χ3n) is 0.795. The monoisotopic (exact) mass is 126 g/mol. The van der Waals surface area contributed by atoms with Gasteiger partial charge in [-0.1, -0.05) is 6.92 Å². The highest BCUT2D eigenvalue weighted by Gasteiger charge is 1.98. The largest absolute Gasteiger partial charge is 0.350 e. The van der Waals surface area contributed by atoms with Crippen molar-refractivity contribution in [1.29, 1.82) is 0 Å². The summed E-state index contributed by atoms with van der Waals surface area (Å²) in [5.74, 6) is -0.174. The van der Waals surface area contributed by atoms with E-state index in [1.807, 2.05) is 6.92 Å². The highest BCUT2D eigenvalue weighted by molar-refractivity contribution is 5.79. The zero-order chi connectivity index (χ0) is 7.11. The van der Waals surface area contributed by atoms with Crippen LogP contribution < -0.4 is 5.32 Å². The summed E-state index contributed by atoms with van der Waals surface area (Å²) >= 11 is 0. The predicted octanol–water partition coefficient (Wildman–Crippen LogP) is 0.432. The van der Waals surface area contributed by atoms with Crippen molar-refractivity contribution in [2.24, 2.45) is 0 Å². The van der Waals surface area contributed by atoms with Crippen LogP contribution >= 0.6 is 0 Å². The number of hydrogen-bond donors (Lipinski definition) is 1. The van der Waals surface area contributed by atoms with Crippen molar-refractivity contribution in [3.05, 3.63) is 11.4 Å². The summed E-state index contributed by atoms with van der Waals surface area (Å²) in [5, 5.41) is 2.58. The molecule has 3 heteroatoms. The molecule has 0 aliphatic carbocycles. The van der Waals surface area contributed by atoms with Crippen LogP contribution in [0.1, 0.15) is 13.3 Å². The standard InChI is InChI=1S/C6H10N2O/c1-3-4-8-6(9)5-7-2/h3-5H2,1H3,(H,8,9). The van der Waals surface area contributed by atoms with E-state index in [0.29, 0.717) is 6.54 Å². The third kappa shape index (κ3) is 4.82. The summed E-state index contributed by atoms with van der Waals surface area (Å²) in [4.78, 5) is 13.4. The Morgan fingerprint density at radius 3 is 2.89 bits per heavy atom. The second-order valence-electron chi connectivity index (χ2n) is 1.67. The number of nitrogens with one attached hydrogen (secondary N) is 1. The van der Waals surface area contributed by atoms with E-state index in [4.69, 9.17) is 6.57 Å². The first-order valence-corrected chi connectivity index (χ1v) is 2.91. The second kappa shape index (κ2) is 5.10. The minimum Gasteiger partial charge on any atom is -0.350 e. The van der Waals surface area contributed by atoms with Crippen molar-refractivity contribution >= 4 is 5.91 Å². The molecule has 0 radical (unpaired) electrons. The summed E-state index contributed by atoms with van der Waals surface area (Å²) in [6.07, 6.45) is 0.920. The zero-order valence-corrected chi connectivity index (χ0v) is 5.48. The van der Waals surface area contributed by atoms with Crippen LogP contribution in [0.5, 0.6) is 0 Å². The highest BCUT2D eigenvalue weighted by Crippen LogP contribution is 1.72. The van der Waals surface area contributed by atoms with Crippen LogP contribution in [-0.2, 0) is 4.79 Å². The van der Waals surface area contributed by atoms with Gasteiger partial charge in [0.2, 0.25) is 0 Å². The molecule has 0 saturated carbocycles. The molecule has 0 spiro atoms. The van der Waals surface area contributed by atoms with E-state index in [2.05, 4.69) is 10.2 Å². The van der Waals surface area contributed by atoms with Crippen molar-refractivity contribution in [2.75, 3.05) is 13.1 Å². The van der Waals surface area contributed by atoms with Gasteiger partial charge in [-0.25, -0.2) is 6.57 Å². The maximum Gasteiger partial charge on any atom is 0.300 e. The average Bonchev–Trinajstić information content (AvgIpc) is 1.85. The van der Waals surface area contributed by atoms with Gasteiger partial charge in [-0.15, -0.1) is 0 Å². The second-order valence-corrected chi connectivity index (χ2v) is 1.67. The Labute approximate surface area is 54.9 Å². The minimum atomic E-state index is -0.174. The first-order chi connectivity index (χ1) is 4.31. The molecule has 0 saturated heterocycles. The molecule has 0 heterocycles. The SMILES string of the molecule is [C-]#[N+]CC(=O)NCCC. The Bertz CT molecular complexity index is 126. The van der Waals surface area contributed by atoms with E-state index in [1.54, 1.807) is 0 Å². The van der Waals surface area contributed by atoms with Gasteiger partial charge in [0, 0.05) is 6.54 Å². The molecule has 0 bridgehead atoms. The van der Waals surface area contributed by atoms with E-state index in [-0.39, 0.29) is 12.5 Å². The third-order valence-corrected chi connectivity index (χ3v) is 0.795. The minimum absolute atomic E-state index is 0.0417. The fraction of sp³-hybridized carbons (Fsp3) is 0.667. The molecule has 1 amide bonds. The maximum atomic E-state index is 10.5. The fourth-order valence-corrected chi connectivity index (χ4v) is 0.392. The number of amides is 1. The average molecular weight is 126 g/mol. The summed E-state index contributed by atoms with van der Waals surface area (Å²) in [6.45, 7) is 8.94. The first-order valence-electron chi connectivity index (χ1n) is 2.91. The van der Waals surface area contributed by atoms with Gasteiger partial charge in [0.1, 0.15) is 0 Å². The quantitative estimate of drug-likeness (QED) is 0.547. The Kier molecular flexibility index (Phi) is 4.51. The van der Waals surface area contributed by atoms with Crippen LogP contribution in [0.25, 0.3) is 4.85 Å². The normalized spacial score (nSPS) is 8.00. The van der Waals surface area contributed by atoms with Gasteiger partial charge in [-0.2, -0.15) is 0 Å². The van der Waals surface area contributed by atoms with Crippen molar-refractivity contribution in [3.63, 3.8) is 0 Å². The van der Waals surface area contributed by atoms with Crippen molar-refractivity contribution < 1.29 is 4.79 Å². The molecule has 0 aromatic heterocycles. The molecule has 50 valence electrons. The van der Waals surface area contributed by atoms with Crippen LogP contribution in [-0.4, -0.2) is 19.0 Å². The first kappa shape index (κ1) is 7.96. The van der Waals surface area contributed by atoms with Gasteiger partial charge in [-0.3, -0.25) is 4.79 Å². The molecule has 0 aliphatic rings. The lowest BCUT2D eigenvalue weighted by Crippen LogP contribution is -2.25. The molecule has 0 unspecified atom stereocenters. The molecule has 1 N–H and O–H groups in total. The van der Waals surface area contributed by atoms with Crippen LogP contribution in [0.4, 0.5) is 0 Å². The molecule has 0 aromatic rings. The molecule has 0 aliphatic heterocycles. The van der Waals surface area contributed by atoms with Crippen LogP contribution in [0.3, 0.4) is 0 Å². The van der Waals surface area contributed by atoms with Crippen molar-refractivity contribution in [3.8, 4) is 0 Å². The molecular formula is C6H10N2O. The topological polar surface area (TPSA) is 33.5 Å². The summed E-state index contributed by atoms with van der Waals surface area (Å²) in [5.41, 5.74) is 0. The van der Waals surface area contributed by atoms with Crippen molar-refractivity contribution in [2.45, 2.75) is 13.3 Å². The number of carbonyl (C=O) groups excluding carboxylic acids is 1. The van der Waals surface area contributed by atoms with Crippen LogP contribution in [0.15, 0.2) is 0 Å². The predicted molar refractivity (Wildman–Crippen MR) is 34.8 cm³/mol. The summed E-state index contributed by atoms with van der Waals surface area (Å²) in [6, 6.07) is 0. The Hall–Kier alpha value is -1.04. The fourth-order valence-electron chi connectivity index (χ4n) is 0.392. The van der Waals surface area contributed by atoms with Gasteiger partial charge >= 0.3 is 0 Å². The van der Waals surface area contributed by atoms with Crippen LogP contribution in [0, 0.1) is 6.57 Å². The van der Waals surface area contributed by atoms with Gasteiger partial charge in [0.05, 0.1) is 0 Å². The van der Waals surface area contributed by atoms with E-state index in [9.17, 15) is 4.79 Å². The smallest absolute Gasteiger partial charge is 0.300 e. The number of carbonyl (C=O) groups is 1. The number of hydrogen-bond acceptors (Lipinski definition) is 1. The van der Waals surface area contributed by atoms with Gasteiger partial charge < -0.3 is 10.2 Å². The lowest BCUT2D eigenvalue weighted by molar-refractivity contribution is -0.119. The molecular weight excluding hydrogens is 116 g/mol. The molecule has 3 nitrogen and oxygen atoms in total. The number of nitrogens with zero attached hydrogens (tertiary/aromatic N) is 1. The molecule has 0 fully saturated rings. The molecule has 0 rings (SSSR count). The molecule has 0 aromatic carbocycles. The molecule has 9 heavy (non-hydrogen) atoms. The number of rotatable bonds is 3. The highest BCUT2D eigenvalue weighted by atomic mass is 16.1. The van der Waals surface area contributed by atoms with E-state index < -0.39 is 0 Å². The zero-order valence-electron chi connectivity index (χ0n) is 5.48. The lowest BCUT2D eigenvalue weighted by atomic mass is 10.4. The summed E-state index contributed by atoms with van der Waals surface area (Å²) < 4.78 is 0. The maximum absolute atomic E-state index is 10.5. The Balaban J connectivity index is 3.19. The van der Waals surface area contributed by atoms with Gasteiger partial charge in [0.25, 0.3) is 12.5 Å². The van der Waals surface area contributed by atoms with Crippen LogP contribution in [0.2, 0.25) is 0 Å². The molecule has 0 atom stereocenters. The van der Waals surface area contributed by atoms with E-state index in [0.717, 1.165) is 6.42 Å². The summed E-state index contributed by atoms with van der Waals surface area (Å²) in [7, 11) is 0. The van der Waals surface area contributed by atoms with E-state index >= 15 is 0 Å². The lowest BCUT2D eigenvalue weighted by Gasteiger charge is -1.94. The van der Waals surface area contributed by atoms with Gasteiger partial charge in [0.15, 0.2) is 0 Å². The van der Waals surface area contributed by atoms with Gasteiger partial charge in [-0.05, 0) is 6.42 Å². The Morgan fingerprint density at radius 2 is 2.44 bits per heavy atom. The van der Waals surface area contributed by atoms with Crippen molar-refractivity contribution in [1.82, 2.24) is 5.32 Å². The van der Waals surface area contributed by atoms with E-state index in [1.165, 1.54) is 0 Å².